The van der Waals surface area contributed by atoms with E-state index in [1.54, 1.807) is 20.1 Å². The summed E-state index contributed by atoms with van der Waals surface area (Å²) in [5.74, 6) is 0.978. The number of carbonyl (C=O) groups is 1. The molecule has 0 saturated heterocycles. The predicted octanol–water partition coefficient (Wildman–Crippen LogP) is 4.11. The molecular weight excluding hydrogens is 338 g/mol. The van der Waals surface area contributed by atoms with E-state index in [-0.39, 0.29) is 5.97 Å². The number of hydrogen-bond acceptors (Lipinski definition) is 7. The van der Waals surface area contributed by atoms with E-state index < -0.39 is 0 Å². The van der Waals surface area contributed by atoms with E-state index in [1.165, 1.54) is 11.3 Å². The van der Waals surface area contributed by atoms with Gasteiger partial charge in [-0.2, -0.15) is 5.10 Å². The normalized spacial score (nSPS) is 11.1. The molecule has 1 aromatic heterocycles. The molecule has 1 N–H and O–H groups in total. The third kappa shape index (κ3) is 5.86. The monoisotopic (exact) mass is 361 g/mol. The molecule has 0 aliphatic rings. The fourth-order valence-electron chi connectivity index (χ4n) is 1.91. The third-order valence-corrected chi connectivity index (χ3v) is 4.14. The van der Waals surface area contributed by atoms with Gasteiger partial charge in [-0.15, -0.1) is 0 Å². The van der Waals surface area contributed by atoms with Crippen LogP contribution in [-0.2, 0) is 4.74 Å². The number of benzene rings is 1. The molecule has 25 heavy (non-hydrogen) atoms. The second-order valence-corrected chi connectivity index (χ2v) is 6.80. The minimum absolute atomic E-state index is 0.341. The Bertz CT molecular complexity index is 724. The van der Waals surface area contributed by atoms with Gasteiger partial charge in [0.05, 0.1) is 25.1 Å². The van der Waals surface area contributed by atoms with Crippen molar-refractivity contribution >= 4 is 28.7 Å². The molecule has 0 unspecified atom stereocenters. The highest BCUT2D eigenvalue weighted by Gasteiger charge is 2.15. The van der Waals surface area contributed by atoms with Gasteiger partial charge in [-0.3, -0.25) is 5.43 Å². The molecule has 7 heteroatoms. The van der Waals surface area contributed by atoms with E-state index in [2.05, 4.69) is 29.4 Å². The van der Waals surface area contributed by atoms with Gasteiger partial charge >= 0.3 is 5.97 Å². The van der Waals surface area contributed by atoms with Crippen molar-refractivity contribution in [3.63, 3.8) is 0 Å². The number of aryl methyl sites for hydroxylation is 1. The zero-order valence-electron chi connectivity index (χ0n) is 14.9. The number of carbonyl (C=O) groups excluding carboxylic acids is 1. The Morgan fingerprint density at radius 1 is 1.36 bits per heavy atom. The third-order valence-electron chi connectivity index (χ3n) is 3.09. The maximum atomic E-state index is 11.8. The van der Waals surface area contributed by atoms with Crippen molar-refractivity contribution in [3.05, 3.63) is 40.4 Å². The summed E-state index contributed by atoms with van der Waals surface area (Å²) >= 11 is 1.22. The molecule has 0 aliphatic heterocycles. The second-order valence-electron chi connectivity index (χ2n) is 5.80. The van der Waals surface area contributed by atoms with Crippen LogP contribution in [-0.4, -0.2) is 30.4 Å². The standard InChI is InChI=1S/C18H23N3O3S/c1-5-23-17(22)16-13(4)20-18(25-16)21-19-10-14-6-8-15(9-7-14)24-11-12(2)3/h6-10,12H,5,11H2,1-4H3,(H,20,21)/b19-10+. The Kier molecular flexibility index (Phi) is 6.94. The highest BCUT2D eigenvalue weighted by molar-refractivity contribution is 7.17. The van der Waals surface area contributed by atoms with Crippen molar-refractivity contribution in [2.24, 2.45) is 11.0 Å². The van der Waals surface area contributed by atoms with Crippen molar-refractivity contribution < 1.29 is 14.3 Å². The Morgan fingerprint density at radius 3 is 2.72 bits per heavy atom. The lowest BCUT2D eigenvalue weighted by Crippen LogP contribution is -2.04. The lowest BCUT2D eigenvalue weighted by Gasteiger charge is -2.08. The molecule has 2 rings (SSSR count). The molecule has 0 aliphatic carbocycles. The summed E-state index contributed by atoms with van der Waals surface area (Å²) < 4.78 is 10.6. The van der Waals surface area contributed by atoms with E-state index in [0.29, 0.717) is 34.8 Å². The Balaban J connectivity index is 1.92. The Morgan fingerprint density at radius 2 is 2.08 bits per heavy atom. The van der Waals surface area contributed by atoms with Gasteiger partial charge in [-0.05, 0) is 49.6 Å². The molecule has 0 saturated carbocycles. The summed E-state index contributed by atoms with van der Waals surface area (Å²) in [6.45, 7) is 8.81. The Hall–Kier alpha value is -2.41. The average Bonchev–Trinajstić information content (AvgIpc) is 2.95. The average molecular weight is 361 g/mol. The quantitative estimate of drug-likeness (QED) is 0.435. The second kappa shape index (κ2) is 9.17. The van der Waals surface area contributed by atoms with Crippen LogP contribution >= 0.6 is 11.3 Å². The Labute approximate surface area is 151 Å². The number of hydrazone groups is 1. The van der Waals surface area contributed by atoms with Crippen molar-refractivity contribution in [1.29, 1.82) is 0 Å². The van der Waals surface area contributed by atoms with Crippen molar-refractivity contribution in [2.45, 2.75) is 27.7 Å². The van der Waals surface area contributed by atoms with Crippen molar-refractivity contribution in [1.82, 2.24) is 4.98 Å². The summed E-state index contributed by atoms with van der Waals surface area (Å²) in [6, 6.07) is 7.68. The fourth-order valence-corrected chi connectivity index (χ4v) is 2.72. The van der Waals surface area contributed by atoms with E-state index in [9.17, 15) is 4.79 Å². The highest BCUT2D eigenvalue weighted by Crippen LogP contribution is 2.23. The first-order valence-electron chi connectivity index (χ1n) is 8.16. The van der Waals surface area contributed by atoms with E-state index in [4.69, 9.17) is 9.47 Å². The van der Waals surface area contributed by atoms with Crippen LogP contribution < -0.4 is 10.2 Å². The molecule has 1 heterocycles. The minimum atomic E-state index is -0.355. The lowest BCUT2D eigenvalue weighted by atomic mass is 10.2. The maximum absolute atomic E-state index is 11.8. The van der Waals surface area contributed by atoms with Gasteiger partial charge in [0.2, 0.25) is 5.13 Å². The number of esters is 1. The van der Waals surface area contributed by atoms with E-state index in [1.807, 2.05) is 24.3 Å². The first kappa shape index (κ1) is 18.9. The van der Waals surface area contributed by atoms with Crippen LogP contribution in [0.4, 0.5) is 5.13 Å². The molecule has 1 aromatic carbocycles. The van der Waals surface area contributed by atoms with Crippen LogP contribution in [0.2, 0.25) is 0 Å². The number of thiazole rings is 1. The molecular formula is C18H23N3O3S. The SMILES string of the molecule is CCOC(=O)c1sc(N/N=C/c2ccc(OCC(C)C)cc2)nc1C. The molecule has 0 atom stereocenters. The van der Waals surface area contributed by atoms with Crippen LogP contribution in [0.15, 0.2) is 29.4 Å². The van der Waals surface area contributed by atoms with E-state index >= 15 is 0 Å². The number of nitrogens with zero attached hydrogens (tertiary/aromatic N) is 2. The van der Waals surface area contributed by atoms with Gasteiger partial charge in [-0.25, -0.2) is 9.78 Å². The molecule has 0 fully saturated rings. The zero-order chi connectivity index (χ0) is 18.2. The topological polar surface area (TPSA) is 72.8 Å². The van der Waals surface area contributed by atoms with Crippen LogP contribution in [0, 0.1) is 12.8 Å². The number of ether oxygens (including phenoxy) is 2. The number of rotatable bonds is 8. The minimum Gasteiger partial charge on any atom is -0.493 e. The van der Waals surface area contributed by atoms with Gasteiger partial charge < -0.3 is 9.47 Å². The predicted molar refractivity (Wildman–Crippen MR) is 101 cm³/mol. The maximum Gasteiger partial charge on any atom is 0.350 e. The van der Waals surface area contributed by atoms with Crippen molar-refractivity contribution in [3.8, 4) is 5.75 Å². The largest absolute Gasteiger partial charge is 0.493 e. The highest BCUT2D eigenvalue weighted by atomic mass is 32.1. The molecule has 0 amide bonds. The van der Waals surface area contributed by atoms with Gasteiger partial charge in [0.1, 0.15) is 10.6 Å². The van der Waals surface area contributed by atoms with Gasteiger partial charge in [0.15, 0.2) is 0 Å². The van der Waals surface area contributed by atoms with Gasteiger partial charge in [0, 0.05) is 0 Å². The van der Waals surface area contributed by atoms with E-state index in [0.717, 1.165) is 11.3 Å². The fraction of sp³-hybridized carbons (Fsp3) is 0.389. The molecule has 0 bridgehead atoms. The van der Waals surface area contributed by atoms with Gasteiger partial charge in [0.25, 0.3) is 0 Å². The zero-order valence-corrected chi connectivity index (χ0v) is 15.7. The molecule has 134 valence electrons. The number of hydrogen-bond donors (Lipinski definition) is 1. The smallest absolute Gasteiger partial charge is 0.350 e. The summed E-state index contributed by atoms with van der Waals surface area (Å²) in [7, 11) is 0. The number of anilines is 1. The first-order valence-corrected chi connectivity index (χ1v) is 8.97. The summed E-state index contributed by atoms with van der Waals surface area (Å²) in [4.78, 5) is 16.5. The van der Waals surface area contributed by atoms with Gasteiger partial charge in [-0.1, -0.05) is 25.2 Å². The molecule has 0 radical (unpaired) electrons. The van der Waals surface area contributed by atoms with Crippen LogP contribution in [0.1, 0.15) is 41.7 Å². The number of nitrogens with one attached hydrogen (secondary N) is 1. The summed E-state index contributed by atoms with van der Waals surface area (Å²) in [5, 5.41) is 4.71. The molecule has 6 nitrogen and oxygen atoms in total. The lowest BCUT2D eigenvalue weighted by molar-refractivity contribution is 0.0531. The van der Waals surface area contributed by atoms with Crippen LogP contribution in [0.5, 0.6) is 5.75 Å². The molecule has 2 aromatic rings. The van der Waals surface area contributed by atoms with Crippen molar-refractivity contribution in [2.75, 3.05) is 18.6 Å². The summed E-state index contributed by atoms with van der Waals surface area (Å²) in [6.07, 6.45) is 1.69. The summed E-state index contributed by atoms with van der Waals surface area (Å²) in [5.41, 5.74) is 4.41. The number of aromatic nitrogens is 1. The molecule has 0 spiro atoms. The van der Waals surface area contributed by atoms with Crippen LogP contribution in [0.25, 0.3) is 0 Å². The first-order chi connectivity index (χ1) is 12.0. The van der Waals surface area contributed by atoms with Crippen LogP contribution in [0.3, 0.4) is 0 Å².